The van der Waals surface area contributed by atoms with E-state index in [1.165, 1.54) is 24.3 Å². The number of hydrogen-bond donors (Lipinski definition) is 2. The van der Waals surface area contributed by atoms with Gasteiger partial charge in [-0.1, -0.05) is 18.2 Å². The van der Waals surface area contributed by atoms with Crippen molar-refractivity contribution < 1.29 is 18.1 Å². The summed E-state index contributed by atoms with van der Waals surface area (Å²) >= 11 is 0. The summed E-state index contributed by atoms with van der Waals surface area (Å²) in [5, 5.41) is 14.0. The summed E-state index contributed by atoms with van der Waals surface area (Å²) in [6.07, 6.45) is -2.49. The lowest BCUT2D eigenvalue weighted by molar-refractivity contribution is -0.383. The van der Waals surface area contributed by atoms with E-state index in [0.29, 0.717) is 23.2 Å². The van der Waals surface area contributed by atoms with E-state index in [1.54, 1.807) is 6.08 Å². The second-order valence-electron chi connectivity index (χ2n) is 5.32. The zero-order valence-corrected chi connectivity index (χ0v) is 13.1. The molecule has 0 bridgehead atoms. The predicted molar refractivity (Wildman–Crippen MR) is 90.2 cm³/mol. The summed E-state index contributed by atoms with van der Waals surface area (Å²) in [5.41, 5.74) is 6.71. The molecule has 5 nitrogen and oxygen atoms in total. The molecule has 0 aliphatic heterocycles. The summed E-state index contributed by atoms with van der Waals surface area (Å²) in [4.78, 5) is 10.4. The number of allylic oxidation sites excluding steroid dienone is 1. The molecule has 0 spiro atoms. The largest absolute Gasteiger partial charge is 0.416 e. The minimum atomic E-state index is -4.38. The lowest BCUT2D eigenvalue weighted by Gasteiger charge is -2.14. The number of alkyl halides is 3. The number of nitrogens with zero attached hydrogens (tertiary/aromatic N) is 1. The van der Waals surface area contributed by atoms with Crippen LogP contribution in [0, 0.1) is 10.1 Å². The van der Waals surface area contributed by atoms with Gasteiger partial charge in [0.2, 0.25) is 0 Å². The number of anilines is 2. The Balaban J connectivity index is 2.21. The lowest BCUT2D eigenvalue weighted by atomic mass is 10.0. The second-order valence-corrected chi connectivity index (χ2v) is 5.32. The van der Waals surface area contributed by atoms with Gasteiger partial charge in [-0.3, -0.25) is 10.1 Å². The average Bonchev–Trinajstić information content (AvgIpc) is 2.54. The van der Waals surface area contributed by atoms with Gasteiger partial charge < -0.3 is 11.1 Å². The molecular formula is C17H16F3N3O2. The molecule has 0 atom stereocenters. The number of nitro groups is 1. The zero-order chi connectivity index (χ0) is 18.6. The van der Waals surface area contributed by atoms with Crippen molar-refractivity contribution >= 4 is 17.1 Å². The van der Waals surface area contributed by atoms with Crippen molar-refractivity contribution in [2.75, 3.05) is 11.1 Å². The first-order valence-electron chi connectivity index (χ1n) is 7.30. The highest BCUT2D eigenvalue weighted by Crippen LogP contribution is 2.32. The highest BCUT2D eigenvalue weighted by Gasteiger charge is 2.29. The lowest BCUT2D eigenvalue weighted by Crippen LogP contribution is -2.08. The number of nitro benzene ring substituents is 1. The summed E-state index contributed by atoms with van der Waals surface area (Å²) in [6, 6.07) is 7.57. The number of rotatable bonds is 6. The summed E-state index contributed by atoms with van der Waals surface area (Å²) < 4.78 is 37.7. The first-order chi connectivity index (χ1) is 11.7. The third-order valence-electron chi connectivity index (χ3n) is 3.64. The normalized spacial score (nSPS) is 11.2. The average molecular weight is 351 g/mol. The van der Waals surface area contributed by atoms with Crippen LogP contribution in [0.1, 0.15) is 16.7 Å². The van der Waals surface area contributed by atoms with Gasteiger partial charge in [0, 0.05) is 23.9 Å². The Labute approximate surface area is 142 Å². The van der Waals surface area contributed by atoms with Crippen LogP contribution in [0.3, 0.4) is 0 Å². The van der Waals surface area contributed by atoms with Crippen molar-refractivity contribution in [3.05, 3.63) is 75.9 Å². The molecule has 0 aliphatic carbocycles. The molecule has 0 unspecified atom stereocenters. The van der Waals surface area contributed by atoms with Crippen LogP contribution >= 0.6 is 0 Å². The molecule has 8 heteroatoms. The first kappa shape index (κ1) is 18.3. The van der Waals surface area contributed by atoms with Gasteiger partial charge in [0.1, 0.15) is 5.69 Å². The number of halogens is 3. The summed E-state index contributed by atoms with van der Waals surface area (Å²) in [7, 11) is 0. The van der Waals surface area contributed by atoms with Crippen molar-refractivity contribution in [1.82, 2.24) is 0 Å². The molecule has 0 fully saturated rings. The van der Waals surface area contributed by atoms with Crippen molar-refractivity contribution in [2.45, 2.75) is 19.1 Å². The predicted octanol–water partition coefficient (Wildman–Crippen LogP) is 4.54. The van der Waals surface area contributed by atoms with Gasteiger partial charge in [0.15, 0.2) is 0 Å². The maximum atomic E-state index is 12.6. The highest BCUT2D eigenvalue weighted by atomic mass is 19.4. The number of nitrogens with two attached hydrogens (primary N) is 1. The van der Waals surface area contributed by atoms with Crippen molar-refractivity contribution in [1.29, 1.82) is 0 Å². The van der Waals surface area contributed by atoms with E-state index in [9.17, 15) is 23.3 Å². The fourth-order valence-corrected chi connectivity index (χ4v) is 2.35. The molecule has 0 heterocycles. The molecule has 3 N–H and O–H groups in total. The molecule has 2 rings (SSSR count). The molecular weight excluding hydrogens is 335 g/mol. The molecule has 132 valence electrons. The van der Waals surface area contributed by atoms with Crippen LogP contribution in [0.15, 0.2) is 49.1 Å². The Bertz CT molecular complexity index is 787. The molecule has 0 aromatic heterocycles. The van der Waals surface area contributed by atoms with Crippen LogP contribution in [0.4, 0.5) is 30.2 Å². The van der Waals surface area contributed by atoms with E-state index in [2.05, 4.69) is 11.9 Å². The SMILES string of the molecule is C=CCc1c(NCc2ccc(C(F)(F)F)cc2)ccc([N+](=O)[O-])c1N. The zero-order valence-electron chi connectivity index (χ0n) is 13.1. The molecule has 25 heavy (non-hydrogen) atoms. The number of benzene rings is 2. The quantitative estimate of drug-likeness (QED) is 0.347. The fourth-order valence-electron chi connectivity index (χ4n) is 2.35. The van der Waals surface area contributed by atoms with E-state index in [-0.39, 0.29) is 17.9 Å². The van der Waals surface area contributed by atoms with Crippen LogP contribution in [0.5, 0.6) is 0 Å². The van der Waals surface area contributed by atoms with Gasteiger partial charge in [-0.25, -0.2) is 0 Å². The molecule has 0 amide bonds. The van der Waals surface area contributed by atoms with Gasteiger partial charge in [-0.2, -0.15) is 13.2 Å². The van der Waals surface area contributed by atoms with Gasteiger partial charge in [-0.05, 0) is 30.2 Å². The topological polar surface area (TPSA) is 81.2 Å². The Hall–Kier alpha value is -3.03. The maximum absolute atomic E-state index is 12.6. The first-order valence-corrected chi connectivity index (χ1v) is 7.30. The van der Waals surface area contributed by atoms with E-state index in [1.807, 2.05) is 0 Å². The number of nitrogens with one attached hydrogen (secondary N) is 1. The minimum Gasteiger partial charge on any atom is -0.393 e. The summed E-state index contributed by atoms with van der Waals surface area (Å²) in [5.74, 6) is 0. The third-order valence-corrected chi connectivity index (χ3v) is 3.64. The van der Waals surface area contributed by atoms with E-state index in [4.69, 9.17) is 5.73 Å². The van der Waals surface area contributed by atoms with Crippen molar-refractivity contribution in [3.8, 4) is 0 Å². The third kappa shape index (κ3) is 4.28. The molecule has 0 saturated carbocycles. The van der Waals surface area contributed by atoms with Crippen LogP contribution in [-0.2, 0) is 19.1 Å². The van der Waals surface area contributed by atoms with Gasteiger partial charge in [0.05, 0.1) is 10.5 Å². The number of hydrogen-bond acceptors (Lipinski definition) is 4. The van der Waals surface area contributed by atoms with Gasteiger partial charge in [-0.15, -0.1) is 6.58 Å². The Morgan fingerprint density at radius 1 is 1.20 bits per heavy atom. The van der Waals surface area contributed by atoms with Gasteiger partial charge >= 0.3 is 6.18 Å². The summed E-state index contributed by atoms with van der Waals surface area (Å²) in [6.45, 7) is 3.85. The van der Waals surface area contributed by atoms with Gasteiger partial charge in [0.25, 0.3) is 5.69 Å². The van der Waals surface area contributed by atoms with E-state index < -0.39 is 16.7 Å². The monoisotopic (exact) mass is 351 g/mol. The Kier molecular flexibility index (Phi) is 5.31. The maximum Gasteiger partial charge on any atom is 0.416 e. The molecule has 0 saturated heterocycles. The fraction of sp³-hybridized carbons (Fsp3) is 0.176. The van der Waals surface area contributed by atoms with E-state index in [0.717, 1.165) is 12.1 Å². The van der Waals surface area contributed by atoms with Crippen LogP contribution in [-0.4, -0.2) is 4.92 Å². The second kappa shape index (κ2) is 7.25. The molecule has 2 aromatic carbocycles. The van der Waals surface area contributed by atoms with Crippen molar-refractivity contribution in [2.24, 2.45) is 0 Å². The van der Waals surface area contributed by atoms with Crippen molar-refractivity contribution in [3.63, 3.8) is 0 Å². The highest BCUT2D eigenvalue weighted by molar-refractivity contribution is 5.73. The Morgan fingerprint density at radius 2 is 1.84 bits per heavy atom. The smallest absolute Gasteiger partial charge is 0.393 e. The Morgan fingerprint density at radius 3 is 2.36 bits per heavy atom. The molecule has 2 aromatic rings. The standard InChI is InChI=1S/C17H16F3N3O2/c1-2-3-13-14(8-9-15(16(13)21)23(24)25)22-10-11-4-6-12(7-5-11)17(18,19)20/h2,4-9,22H,1,3,10,21H2. The number of nitrogen functional groups attached to an aromatic ring is 1. The van der Waals surface area contributed by atoms with E-state index >= 15 is 0 Å². The van der Waals surface area contributed by atoms with Crippen LogP contribution in [0.2, 0.25) is 0 Å². The molecule has 0 aliphatic rings. The van der Waals surface area contributed by atoms with Crippen LogP contribution in [0.25, 0.3) is 0 Å². The molecule has 0 radical (unpaired) electrons. The minimum absolute atomic E-state index is 0.0438. The van der Waals surface area contributed by atoms with Crippen LogP contribution < -0.4 is 11.1 Å².